The zero-order chi connectivity index (χ0) is 15.7. The van der Waals surface area contributed by atoms with Gasteiger partial charge in [0.05, 0.1) is 6.07 Å². The lowest BCUT2D eigenvalue weighted by atomic mass is 9.92. The molecule has 4 nitrogen and oxygen atoms in total. The molecular formula is C17H32N4. The van der Waals surface area contributed by atoms with Crippen LogP contribution in [0.1, 0.15) is 47.5 Å². The third-order valence-electron chi connectivity index (χ3n) is 4.81. The molecule has 0 aromatic rings. The Labute approximate surface area is 130 Å². The van der Waals surface area contributed by atoms with Crippen LogP contribution < -0.4 is 5.32 Å². The molecule has 1 heterocycles. The third-order valence-corrected chi connectivity index (χ3v) is 4.81. The minimum Gasteiger partial charge on any atom is -0.298 e. The fraction of sp³-hybridized carbons (Fsp3) is 0.941. The molecule has 0 aromatic carbocycles. The molecule has 2 aliphatic rings. The van der Waals surface area contributed by atoms with Crippen LogP contribution in [0, 0.1) is 17.2 Å². The van der Waals surface area contributed by atoms with Crippen molar-refractivity contribution in [3.63, 3.8) is 0 Å². The topological polar surface area (TPSA) is 42.3 Å². The summed E-state index contributed by atoms with van der Waals surface area (Å²) in [5.41, 5.74) is -0.0802. The zero-order valence-electron chi connectivity index (χ0n) is 14.4. The fourth-order valence-corrected chi connectivity index (χ4v) is 3.47. The molecule has 2 rings (SSSR count). The lowest BCUT2D eigenvalue weighted by molar-refractivity contribution is 0.0501. The van der Waals surface area contributed by atoms with Crippen molar-refractivity contribution in [3.8, 4) is 6.07 Å². The quantitative estimate of drug-likeness (QED) is 0.842. The minimum absolute atomic E-state index is 0.255. The number of hydrogen-bond donors (Lipinski definition) is 1. The number of hydrogen-bond acceptors (Lipinski definition) is 4. The molecule has 0 radical (unpaired) electrons. The summed E-state index contributed by atoms with van der Waals surface area (Å²) in [6, 6.07) is 2.99. The Morgan fingerprint density at radius 1 is 1.14 bits per heavy atom. The van der Waals surface area contributed by atoms with E-state index in [9.17, 15) is 5.26 Å². The highest BCUT2D eigenvalue weighted by Gasteiger charge is 2.47. The zero-order valence-corrected chi connectivity index (χ0v) is 14.4. The summed E-state index contributed by atoms with van der Waals surface area (Å²) < 4.78 is 0. The van der Waals surface area contributed by atoms with Gasteiger partial charge in [0.1, 0.15) is 5.54 Å². The number of piperazine rings is 1. The molecule has 2 fully saturated rings. The Morgan fingerprint density at radius 2 is 1.71 bits per heavy atom. The molecule has 1 atom stereocenters. The average molecular weight is 292 g/mol. The second-order valence-electron chi connectivity index (χ2n) is 8.09. The molecule has 1 N–H and O–H groups in total. The predicted octanol–water partition coefficient (Wildman–Crippen LogP) is 2.07. The first-order valence-corrected chi connectivity index (χ1v) is 8.43. The largest absolute Gasteiger partial charge is 0.298 e. The number of nitrogens with one attached hydrogen (secondary N) is 1. The van der Waals surface area contributed by atoms with Crippen molar-refractivity contribution < 1.29 is 0 Å². The van der Waals surface area contributed by atoms with Crippen molar-refractivity contribution in [2.24, 2.45) is 5.92 Å². The van der Waals surface area contributed by atoms with Gasteiger partial charge in [-0.15, -0.1) is 0 Å². The van der Waals surface area contributed by atoms with Crippen molar-refractivity contribution in [1.29, 1.82) is 5.26 Å². The van der Waals surface area contributed by atoms with Gasteiger partial charge in [0.2, 0.25) is 0 Å². The maximum Gasteiger partial charge on any atom is 0.122 e. The summed E-state index contributed by atoms with van der Waals surface area (Å²) in [4.78, 5) is 5.03. The van der Waals surface area contributed by atoms with Crippen LogP contribution in [0.15, 0.2) is 0 Å². The highest BCUT2D eigenvalue weighted by Crippen LogP contribution is 2.40. The van der Waals surface area contributed by atoms with Crippen LogP contribution in [0.2, 0.25) is 0 Å². The van der Waals surface area contributed by atoms with E-state index in [1.54, 1.807) is 0 Å². The number of nitrogens with zero attached hydrogens (tertiary/aromatic N) is 3. The first-order chi connectivity index (χ1) is 9.77. The first kappa shape index (κ1) is 16.7. The molecule has 1 unspecified atom stereocenters. The van der Waals surface area contributed by atoms with E-state index in [4.69, 9.17) is 0 Å². The maximum atomic E-state index is 9.80. The average Bonchev–Trinajstić information content (AvgIpc) is 3.21. The van der Waals surface area contributed by atoms with Crippen LogP contribution in [0.25, 0.3) is 0 Å². The smallest absolute Gasteiger partial charge is 0.122 e. The summed E-state index contributed by atoms with van der Waals surface area (Å²) in [5, 5.41) is 13.4. The predicted molar refractivity (Wildman–Crippen MR) is 87.1 cm³/mol. The van der Waals surface area contributed by atoms with Gasteiger partial charge in [-0.05, 0) is 53.4 Å². The molecule has 1 aliphatic heterocycles. The van der Waals surface area contributed by atoms with E-state index in [1.165, 1.54) is 12.8 Å². The molecule has 0 amide bonds. The van der Waals surface area contributed by atoms with Crippen LogP contribution in [-0.4, -0.2) is 59.6 Å². The summed E-state index contributed by atoms with van der Waals surface area (Å²) in [6.45, 7) is 16.4. The van der Waals surface area contributed by atoms with Gasteiger partial charge < -0.3 is 0 Å². The van der Waals surface area contributed by atoms with Crippen molar-refractivity contribution in [2.75, 3.05) is 32.7 Å². The SMILES string of the molecule is CC(C)NC(C#N)(CN1CCN(C(C)(C)C)CC1)C1CC1. The van der Waals surface area contributed by atoms with Gasteiger partial charge in [0.15, 0.2) is 0 Å². The summed E-state index contributed by atoms with van der Waals surface area (Å²) in [6.07, 6.45) is 2.41. The Hall–Kier alpha value is -0.630. The third kappa shape index (κ3) is 4.18. The highest BCUT2D eigenvalue weighted by molar-refractivity contribution is 5.17. The lowest BCUT2D eigenvalue weighted by Crippen LogP contribution is -2.60. The molecule has 1 aliphatic carbocycles. The van der Waals surface area contributed by atoms with Crippen LogP contribution in [0.4, 0.5) is 0 Å². The van der Waals surface area contributed by atoms with E-state index in [0.29, 0.717) is 12.0 Å². The van der Waals surface area contributed by atoms with Gasteiger partial charge in [-0.1, -0.05) is 0 Å². The normalized spacial score (nSPS) is 24.8. The van der Waals surface area contributed by atoms with E-state index in [-0.39, 0.29) is 11.1 Å². The second-order valence-corrected chi connectivity index (χ2v) is 8.09. The molecule has 0 aromatic heterocycles. The lowest BCUT2D eigenvalue weighted by Gasteiger charge is -2.44. The van der Waals surface area contributed by atoms with Crippen molar-refractivity contribution in [1.82, 2.24) is 15.1 Å². The Balaban J connectivity index is 1.95. The standard InChI is InChI=1S/C17H32N4/c1-14(2)19-17(12-18,15-6-7-15)13-20-8-10-21(11-9-20)16(3,4)5/h14-15,19H,6-11,13H2,1-5H3. The number of nitriles is 1. The molecular weight excluding hydrogens is 260 g/mol. The Bertz CT molecular complexity index is 381. The molecule has 1 saturated carbocycles. The molecule has 4 heteroatoms. The molecule has 1 saturated heterocycles. The minimum atomic E-state index is -0.335. The van der Waals surface area contributed by atoms with Crippen molar-refractivity contribution in [3.05, 3.63) is 0 Å². The van der Waals surface area contributed by atoms with Gasteiger partial charge in [0, 0.05) is 44.3 Å². The van der Waals surface area contributed by atoms with E-state index >= 15 is 0 Å². The van der Waals surface area contributed by atoms with Crippen LogP contribution in [0.3, 0.4) is 0 Å². The summed E-state index contributed by atoms with van der Waals surface area (Å²) >= 11 is 0. The number of rotatable bonds is 5. The van der Waals surface area contributed by atoms with Gasteiger partial charge in [0.25, 0.3) is 0 Å². The molecule has 0 spiro atoms. The van der Waals surface area contributed by atoms with Crippen LogP contribution >= 0.6 is 0 Å². The van der Waals surface area contributed by atoms with E-state index in [2.05, 4.69) is 55.8 Å². The summed E-state index contributed by atoms with van der Waals surface area (Å²) in [7, 11) is 0. The van der Waals surface area contributed by atoms with Crippen LogP contribution in [0.5, 0.6) is 0 Å². The Morgan fingerprint density at radius 3 is 2.10 bits per heavy atom. The van der Waals surface area contributed by atoms with Crippen LogP contribution in [-0.2, 0) is 0 Å². The van der Waals surface area contributed by atoms with Crippen molar-refractivity contribution in [2.45, 2.75) is 64.6 Å². The monoisotopic (exact) mass is 292 g/mol. The van der Waals surface area contributed by atoms with Gasteiger partial charge in [-0.25, -0.2) is 0 Å². The molecule has 120 valence electrons. The highest BCUT2D eigenvalue weighted by atomic mass is 15.3. The summed E-state index contributed by atoms with van der Waals surface area (Å²) in [5.74, 6) is 0.547. The maximum absolute atomic E-state index is 9.80. The van der Waals surface area contributed by atoms with E-state index in [0.717, 1.165) is 32.7 Å². The first-order valence-electron chi connectivity index (χ1n) is 8.43. The van der Waals surface area contributed by atoms with Gasteiger partial charge in [-0.3, -0.25) is 15.1 Å². The van der Waals surface area contributed by atoms with E-state index in [1.807, 2.05) is 0 Å². The molecule has 21 heavy (non-hydrogen) atoms. The molecule has 0 bridgehead atoms. The van der Waals surface area contributed by atoms with Crippen molar-refractivity contribution >= 4 is 0 Å². The van der Waals surface area contributed by atoms with Gasteiger partial charge in [-0.2, -0.15) is 5.26 Å². The second kappa shape index (κ2) is 6.24. The van der Waals surface area contributed by atoms with Gasteiger partial charge >= 0.3 is 0 Å². The Kier molecular flexibility index (Phi) is 4.97. The van der Waals surface area contributed by atoms with E-state index < -0.39 is 0 Å². The fourth-order valence-electron chi connectivity index (χ4n) is 3.47.